The number of carbonyl (C=O) groups is 1. The van der Waals surface area contributed by atoms with Crippen molar-refractivity contribution in [3.63, 3.8) is 0 Å². The first-order valence-corrected chi connectivity index (χ1v) is 8.45. The number of nitrogens with one attached hydrogen (secondary N) is 1. The molecule has 130 valence electrons. The van der Waals surface area contributed by atoms with Gasteiger partial charge in [0.1, 0.15) is 5.54 Å². The van der Waals surface area contributed by atoms with Crippen molar-refractivity contribution in [2.75, 3.05) is 6.61 Å². The van der Waals surface area contributed by atoms with Crippen LogP contribution in [0.4, 0.5) is 0 Å². The summed E-state index contributed by atoms with van der Waals surface area (Å²) in [6, 6.07) is 0.267. The predicted octanol–water partition coefficient (Wildman–Crippen LogP) is 2.88. The van der Waals surface area contributed by atoms with Crippen LogP contribution in [0.2, 0.25) is 0 Å². The molecule has 0 aromatic rings. The smallest absolute Gasteiger partial charge is 0.241 e. The lowest BCUT2D eigenvalue weighted by Gasteiger charge is -2.58. The Labute approximate surface area is 141 Å². The molecule has 22 heavy (non-hydrogen) atoms. The third kappa shape index (κ3) is 3.15. The molecule has 0 spiro atoms. The van der Waals surface area contributed by atoms with Crippen molar-refractivity contribution >= 4 is 18.3 Å². The van der Waals surface area contributed by atoms with E-state index >= 15 is 0 Å². The van der Waals surface area contributed by atoms with Crippen LogP contribution >= 0.6 is 12.4 Å². The molecule has 2 aliphatic carbocycles. The molecule has 5 atom stereocenters. The van der Waals surface area contributed by atoms with Crippen molar-refractivity contribution in [3.05, 3.63) is 0 Å². The summed E-state index contributed by atoms with van der Waals surface area (Å²) in [6.45, 7) is 11.3. The number of carbonyl (C=O) groups excluding carboxylic acids is 1. The van der Waals surface area contributed by atoms with E-state index in [2.05, 4.69) is 19.2 Å². The third-order valence-electron chi connectivity index (χ3n) is 6.26. The molecule has 0 aromatic carbocycles. The van der Waals surface area contributed by atoms with Crippen molar-refractivity contribution in [1.82, 2.24) is 5.32 Å². The average Bonchev–Trinajstić information content (AvgIpc) is 2.43. The zero-order chi connectivity index (χ0) is 15.8. The van der Waals surface area contributed by atoms with Gasteiger partial charge in [-0.1, -0.05) is 40.5 Å². The Balaban J connectivity index is 0.00000242. The number of ether oxygens (including phenoxy) is 1. The molecule has 4 nitrogen and oxygen atoms in total. The number of rotatable bonds is 4. The van der Waals surface area contributed by atoms with Crippen LogP contribution < -0.4 is 11.1 Å². The van der Waals surface area contributed by atoms with Crippen LogP contribution in [0.5, 0.6) is 0 Å². The zero-order valence-corrected chi connectivity index (χ0v) is 15.5. The Morgan fingerprint density at radius 2 is 1.95 bits per heavy atom. The minimum Gasteiger partial charge on any atom is -0.378 e. The van der Waals surface area contributed by atoms with Crippen LogP contribution in [0.1, 0.15) is 60.3 Å². The molecule has 0 heterocycles. The summed E-state index contributed by atoms with van der Waals surface area (Å²) in [6.07, 6.45) is 4.23. The Bertz CT molecular complexity index is 402. The van der Waals surface area contributed by atoms with Crippen molar-refractivity contribution in [3.8, 4) is 0 Å². The van der Waals surface area contributed by atoms with Crippen LogP contribution in [0.25, 0.3) is 0 Å². The van der Waals surface area contributed by atoms with E-state index in [1.807, 2.05) is 20.8 Å². The molecule has 2 saturated carbocycles. The molecule has 2 aliphatic rings. The van der Waals surface area contributed by atoms with Crippen LogP contribution in [0.15, 0.2) is 0 Å². The molecule has 0 saturated heterocycles. The van der Waals surface area contributed by atoms with Crippen LogP contribution in [0, 0.1) is 17.3 Å². The predicted molar refractivity (Wildman–Crippen MR) is 92.1 cm³/mol. The first kappa shape index (κ1) is 19.7. The van der Waals surface area contributed by atoms with Gasteiger partial charge in [0, 0.05) is 24.5 Å². The standard InChI is InChI=1S/C17H32N2O2.ClH/c1-6-21-14-10-17(18,16(14,4)5)15(20)19-13-9-7-8-11(2)12(13)3;/h11-14H,6-10,18H2,1-5H3,(H,19,20);1H. The third-order valence-corrected chi connectivity index (χ3v) is 6.26. The SMILES string of the molecule is CCOC1CC(N)(C(=O)NC2CCCC(C)C2C)C1(C)C.Cl. The van der Waals surface area contributed by atoms with E-state index in [9.17, 15) is 4.79 Å². The Morgan fingerprint density at radius 1 is 1.32 bits per heavy atom. The topological polar surface area (TPSA) is 64.3 Å². The summed E-state index contributed by atoms with van der Waals surface area (Å²) in [5, 5.41) is 3.24. The van der Waals surface area contributed by atoms with E-state index in [0.29, 0.717) is 24.9 Å². The molecule has 0 aromatic heterocycles. The van der Waals surface area contributed by atoms with Gasteiger partial charge in [-0.3, -0.25) is 4.79 Å². The van der Waals surface area contributed by atoms with E-state index in [1.54, 1.807) is 0 Å². The molecule has 1 amide bonds. The minimum absolute atomic E-state index is 0. The maximum absolute atomic E-state index is 12.7. The second kappa shape index (κ2) is 7.06. The van der Waals surface area contributed by atoms with E-state index in [4.69, 9.17) is 10.5 Å². The van der Waals surface area contributed by atoms with E-state index < -0.39 is 5.54 Å². The fraction of sp³-hybridized carbons (Fsp3) is 0.941. The Morgan fingerprint density at radius 3 is 2.50 bits per heavy atom. The summed E-state index contributed by atoms with van der Waals surface area (Å²) in [5.41, 5.74) is 5.34. The van der Waals surface area contributed by atoms with Gasteiger partial charge in [0.15, 0.2) is 0 Å². The first-order chi connectivity index (χ1) is 9.74. The lowest BCUT2D eigenvalue weighted by molar-refractivity contribution is -0.171. The number of nitrogens with two attached hydrogens (primary N) is 1. The van der Waals surface area contributed by atoms with Gasteiger partial charge in [-0.25, -0.2) is 0 Å². The van der Waals surface area contributed by atoms with E-state index in [0.717, 1.165) is 6.42 Å². The molecular formula is C17H33ClN2O2. The van der Waals surface area contributed by atoms with Crippen molar-refractivity contribution in [2.24, 2.45) is 23.0 Å². The highest BCUT2D eigenvalue weighted by atomic mass is 35.5. The van der Waals surface area contributed by atoms with Gasteiger partial charge in [0.2, 0.25) is 5.91 Å². The van der Waals surface area contributed by atoms with Crippen LogP contribution in [-0.4, -0.2) is 30.2 Å². The zero-order valence-electron chi connectivity index (χ0n) is 14.6. The molecule has 2 fully saturated rings. The maximum Gasteiger partial charge on any atom is 0.241 e. The minimum atomic E-state index is -0.798. The lowest BCUT2D eigenvalue weighted by atomic mass is 9.54. The van der Waals surface area contributed by atoms with Gasteiger partial charge in [0.25, 0.3) is 0 Å². The van der Waals surface area contributed by atoms with Crippen molar-refractivity contribution in [1.29, 1.82) is 0 Å². The number of amides is 1. The number of hydrogen-bond acceptors (Lipinski definition) is 3. The molecule has 5 heteroatoms. The van der Waals surface area contributed by atoms with Crippen LogP contribution in [-0.2, 0) is 9.53 Å². The maximum atomic E-state index is 12.7. The fourth-order valence-electron chi connectivity index (χ4n) is 3.90. The molecule has 0 aliphatic heterocycles. The Kier molecular flexibility index (Phi) is 6.33. The monoisotopic (exact) mass is 332 g/mol. The van der Waals surface area contributed by atoms with Gasteiger partial charge in [0.05, 0.1) is 6.10 Å². The quantitative estimate of drug-likeness (QED) is 0.832. The summed E-state index contributed by atoms with van der Waals surface area (Å²) >= 11 is 0. The number of hydrogen-bond donors (Lipinski definition) is 2. The highest BCUT2D eigenvalue weighted by Gasteiger charge is 2.63. The van der Waals surface area contributed by atoms with Crippen molar-refractivity contribution < 1.29 is 9.53 Å². The van der Waals surface area contributed by atoms with Gasteiger partial charge in [-0.2, -0.15) is 0 Å². The largest absolute Gasteiger partial charge is 0.378 e. The normalized spacial score (nSPS) is 40.3. The molecule has 2 rings (SSSR count). The summed E-state index contributed by atoms with van der Waals surface area (Å²) < 4.78 is 5.71. The highest BCUT2D eigenvalue weighted by Crippen LogP contribution is 2.50. The first-order valence-electron chi connectivity index (χ1n) is 8.45. The molecule has 3 N–H and O–H groups in total. The van der Waals surface area contributed by atoms with Gasteiger partial charge < -0.3 is 15.8 Å². The second-order valence-electron chi connectivity index (χ2n) is 7.69. The van der Waals surface area contributed by atoms with Crippen molar-refractivity contribution in [2.45, 2.75) is 78.0 Å². The van der Waals surface area contributed by atoms with E-state index in [-0.39, 0.29) is 35.9 Å². The Hall–Kier alpha value is -0.320. The summed E-state index contributed by atoms with van der Waals surface area (Å²) in [5.74, 6) is 1.20. The van der Waals surface area contributed by atoms with E-state index in [1.165, 1.54) is 12.8 Å². The molecule has 0 radical (unpaired) electrons. The molecule has 5 unspecified atom stereocenters. The summed E-state index contributed by atoms with van der Waals surface area (Å²) in [7, 11) is 0. The number of halogens is 1. The van der Waals surface area contributed by atoms with Gasteiger partial charge in [-0.05, 0) is 25.2 Å². The van der Waals surface area contributed by atoms with Gasteiger partial charge in [-0.15, -0.1) is 12.4 Å². The van der Waals surface area contributed by atoms with Gasteiger partial charge >= 0.3 is 0 Å². The fourth-order valence-corrected chi connectivity index (χ4v) is 3.90. The lowest BCUT2D eigenvalue weighted by Crippen LogP contribution is -2.76. The van der Waals surface area contributed by atoms with Crippen LogP contribution in [0.3, 0.4) is 0 Å². The molecule has 0 bridgehead atoms. The second-order valence-corrected chi connectivity index (χ2v) is 7.69. The average molecular weight is 333 g/mol. The summed E-state index contributed by atoms with van der Waals surface area (Å²) in [4.78, 5) is 12.7. The highest BCUT2D eigenvalue weighted by molar-refractivity contribution is 5.89. The molecular weight excluding hydrogens is 300 g/mol.